The lowest BCUT2D eigenvalue weighted by Crippen LogP contribution is -2.45. The van der Waals surface area contributed by atoms with Crippen molar-refractivity contribution < 1.29 is 19.4 Å². The van der Waals surface area contributed by atoms with E-state index >= 15 is 0 Å². The van der Waals surface area contributed by atoms with E-state index < -0.39 is 11.6 Å². The summed E-state index contributed by atoms with van der Waals surface area (Å²) in [6.07, 6.45) is 6.42. The minimum absolute atomic E-state index is 0.0349. The van der Waals surface area contributed by atoms with Crippen molar-refractivity contribution in [2.45, 2.75) is 50.5 Å². The van der Waals surface area contributed by atoms with E-state index in [1.54, 1.807) is 0 Å². The summed E-state index contributed by atoms with van der Waals surface area (Å²) in [4.78, 5) is 23.4. The third kappa shape index (κ3) is 1.65. The van der Waals surface area contributed by atoms with E-state index in [0.29, 0.717) is 12.3 Å². The summed E-state index contributed by atoms with van der Waals surface area (Å²) < 4.78 is 5.37. The molecule has 1 aliphatic heterocycles. The Morgan fingerprint density at radius 2 is 1.88 bits per heavy atom. The number of aliphatic carboxylic acids is 1. The Bertz CT molecular complexity index is 352. The molecule has 4 heteroatoms. The molecule has 94 valence electrons. The third-order valence-corrected chi connectivity index (χ3v) is 4.68. The molecule has 3 fully saturated rings. The van der Waals surface area contributed by atoms with Gasteiger partial charge in [0, 0.05) is 12.3 Å². The molecule has 2 atom stereocenters. The number of carboxylic acid groups (broad SMARTS) is 1. The Labute approximate surface area is 100 Å². The van der Waals surface area contributed by atoms with Crippen LogP contribution in [-0.4, -0.2) is 22.6 Å². The number of hydrogen-bond donors (Lipinski definition) is 1. The zero-order chi connectivity index (χ0) is 12.0. The Morgan fingerprint density at radius 1 is 1.24 bits per heavy atom. The Kier molecular flexibility index (Phi) is 2.42. The highest BCUT2D eigenvalue weighted by Gasteiger charge is 2.60. The monoisotopic (exact) mass is 238 g/mol. The molecule has 0 radical (unpaired) electrons. The summed E-state index contributed by atoms with van der Waals surface area (Å²) in [6.45, 7) is 0. The van der Waals surface area contributed by atoms with E-state index in [2.05, 4.69) is 0 Å². The molecule has 2 unspecified atom stereocenters. The fraction of sp³-hybridized carbons (Fsp3) is 0.846. The SMILES string of the molecule is O=C1OC(C(=O)O)(C2CCCC2)CC1C1CC1. The maximum absolute atomic E-state index is 11.8. The van der Waals surface area contributed by atoms with Gasteiger partial charge in [0.2, 0.25) is 5.60 Å². The van der Waals surface area contributed by atoms with Crippen molar-refractivity contribution in [2.24, 2.45) is 17.8 Å². The molecule has 0 aromatic heterocycles. The molecule has 0 bridgehead atoms. The molecule has 2 aliphatic carbocycles. The molecule has 3 aliphatic rings. The minimum atomic E-state index is -1.19. The second kappa shape index (κ2) is 3.72. The van der Waals surface area contributed by atoms with Gasteiger partial charge >= 0.3 is 11.9 Å². The van der Waals surface area contributed by atoms with E-state index in [-0.39, 0.29) is 17.8 Å². The molecule has 0 aromatic carbocycles. The predicted molar refractivity (Wildman–Crippen MR) is 59.2 cm³/mol. The zero-order valence-corrected chi connectivity index (χ0v) is 9.85. The van der Waals surface area contributed by atoms with Gasteiger partial charge < -0.3 is 9.84 Å². The summed E-state index contributed by atoms with van der Waals surface area (Å²) in [7, 11) is 0. The normalized spacial score (nSPS) is 38.4. The van der Waals surface area contributed by atoms with Gasteiger partial charge in [0.1, 0.15) is 0 Å². The molecule has 2 saturated carbocycles. The van der Waals surface area contributed by atoms with Gasteiger partial charge in [-0.1, -0.05) is 12.8 Å². The number of ether oxygens (including phenoxy) is 1. The second-order valence-electron chi connectivity index (χ2n) is 5.75. The lowest BCUT2D eigenvalue weighted by molar-refractivity contribution is -0.176. The Morgan fingerprint density at radius 3 is 2.41 bits per heavy atom. The van der Waals surface area contributed by atoms with Crippen LogP contribution in [0.3, 0.4) is 0 Å². The maximum Gasteiger partial charge on any atom is 0.348 e. The van der Waals surface area contributed by atoms with E-state index in [1.165, 1.54) is 0 Å². The van der Waals surface area contributed by atoms with Crippen molar-refractivity contribution in [3.05, 3.63) is 0 Å². The lowest BCUT2D eigenvalue weighted by Gasteiger charge is -2.29. The number of carbonyl (C=O) groups excluding carboxylic acids is 1. The highest BCUT2D eigenvalue weighted by atomic mass is 16.6. The van der Waals surface area contributed by atoms with Gasteiger partial charge in [-0.2, -0.15) is 0 Å². The van der Waals surface area contributed by atoms with Gasteiger partial charge in [-0.3, -0.25) is 4.79 Å². The first-order valence-corrected chi connectivity index (χ1v) is 6.60. The van der Waals surface area contributed by atoms with Gasteiger partial charge in [-0.15, -0.1) is 0 Å². The first kappa shape index (κ1) is 11.1. The Balaban J connectivity index is 1.85. The molecular weight excluding hydrogens is 220 g/mol. The van der Waals surface area contributed by atoms with Gasteiger partial charge in [-0.25, -0.2) is 4.79 Å². The summed E-state index contributed by atoms with van der Waals surface area (Å²) in [6, 6.07) is 0. The largest absolute Gasteiger partial charge is 0.478 e. The van der Waals surface area contributed by atoms with E-state index in [1.807, 2.05) is 0 Å². The van der Waals surface area contributed by atoms with Crippen molar-refractivity contribution in [3.63, 3.8) is 0 Å². The molecule has 1 saturated heterocycles. The summed E-state index contributed by atoms with van der Waals surface area (Å²) in [5, 5.41) is 9.48. The van der Waals surface area contributed by atoms with Crippen molar-refractivity contribution in [1.29, 1.82) is 0 Å². The second-order valence-corrected chi connectivity index (χ2v) is 5.75. The molecule has 17 heavy (non-hydrogen) atoms. The summed E-state index contributed by atoms with van der Waals surface area (Å²) >= 11 is 0. The van der Waals surface area contributed by atoms with Gasteiger partial charge in [0.05, 0.1) is 5.92 Å². The highest BCUT2D eigenvalue weighted by molar-refractivity contribution is 5.87. The van der Waals surface area contributed by atoms with Crippen LogP contribution in [0.25, 0.3) is 0 Å². The van der Waals surface area contributed by atoms with Crippen LogP contribution >= 0.6 is 0 Å². The maximum atomic E-state index is 11.8. The van der Waals surface area contributed by atoms with Crippen molar-refractivity contribution in [1.82, 2.24) is 0 Å². The molecule has 0 spiro atoms. The Hall–Kier alpha value is -1.06. The lowest BCUT2D eigenvalue weighted by atomic mass is 9.80. The topological polar surface area (TPSA) is 63.6 Å². The minimum Gasteiger partial charge on any atom is -0.478 e. The number of cyclic esters (lactones) is 1. The van der Waals surface area contributed by atoms with Crippen LogP contribution < -0.4 is 0 Å². The smallest absolute Gasteiger partial charge is 0.348 e. The fourth-order valence-electron chi connectivity index (χ4n) is 3.51. The number of carbonyl (C=O) groups is 2. The predicted octanol–water partition coefficient (Wildman–Crippen LogP) is 1.97. The zero-order valence-electron chi connectivity index (χ0n) is 9.85. The highest BCUT2D eigenvalue weighted by Crippen LogP contribution is 2.51. The number of hydrogen-bond acceptors (Lipinski definition) is 3. The van der Waals surface area contributed by atoms with Crippen LogP contribution in [0.2, 0.25) is 0 Å². The van der Waals surface area contributed by atoms with Crippen LogP contribution in [0, 0.1) is 17.8 Å². The quantitative estimate of drug-likeness (QED) is 0.763. The molecular formula is C13H18O4. The average molecular weight is 238 g/mol. The van der Waals surface area contributed by atoms with E-state index in [0.717, 1.165) is 38.5 Å². The standard InChI is InChI=1S/C13H18O4/c14-11-10(8-5-6-8)7-13(17-11,12(15)16)9-3-1-2-4-9/h8-10H,1-7H2,(H,15,16). The van der Waals surface area contributed by atoms with Crippen molar-refractivity contribution in [3.8, 4) is 0 Å². The molecule has 3 rings (SSSR count). The average Bonchev–Trinajstić information content (AvgIpc) is 2.85. The molecule has 1 N–H and O–H groups in total. The first-order chi connectivity index (χ1) is 8.13. The number of esters is 1. The third-order valence-electron chi connectivity index (χ3n) is 4.68. The van der Waals surface area contributed by atoms with Crippen LogP contribution in [0.5, 0.6) is 0 Å². The summed E-state index contributed by atoms with van der Waals surface area (Å²) in [5.41, 5.74) is -1.19. The van der Waals surface area contributed by atoms with Crippen molar-refractivity contribution in [2.75, 3.05) is 0 Å². The van der Waals surface area contributed by atoms with Gasteiger partial charge in [0.15, 0.2) is 0 Å². The first-order valence-electron chi connectivity index (χ1n) is 6.60. The number of carboxylic acids is 1. The number of rotatable bonds is 3. The molecule has 0 aromatic rings. The van der Waals surface area contributed by atoms with Gasteiger partial charge in [0.25, 0.3) is 0 Å². The van der Waals surface area contributed by atoms with Crippen molar-refractivity contribution >= 4 is 11.9 Å². The van der Waals surface area contributed by atoms with Gasteiger partial charge in [-0.05, 0) is 31.6 Å². The molecule has 4 nitrogen and oxygen atoms in total. The molecule has 1 heterocycles. The van der Waals surface area contributed by atoms with Crippen LogP contribution in [0.4, 0.5) is 0 Å². The van der Waals surface area contributed by atoms with E-state index in [4.69, 9.17) is 4.74 Å². The molecule has 0 amide bonds. The van der Waals surface area contributed by atoms with Crippen LogP contribution in [0.15, 0.2) is 0 Å². The summed E-state index contributed by atoms with van der Waals surface area (Å²) in [5.74, 6) is -0.910. The fourth-order valence-corrected chi connectivity index (χ4v) is 3.51. The van der Waals surface area contributed by atoms with Crippen LogP contribution in [0.1, 0.15) is 44.9 Å². The van der Waals surface area contributed by atoms with E-state index in [9.17, 15) is 14.7 Å². The van der Waals surface area contributed by atoms with Crippen LogP contribution in [-0.2, 0) is 14.3 Å².